The van der Waals surface area contributed by atoms with Crippen molar-refractivity contribution in [3.05, 3.63) is 0 Å². The molecule has 0 radical (unpaired) electrons. The van der Waals surface area contributed by atoms with E-state index >= 15 is 0 Å². The maximum atomic E-state index is 12.1. The number of ether oxygens (including phenoxy) is 2. The summed E-state index contributed by atoms with van der Waals surface area (Å²) in [6.45, 7) is 3.91. The molecule has 104 valence electrons. The summed E-state index contributed by atoms with van der Waals surface area (Å²) in [6.07, 6.45) is 1.30. The number of carbonyl (C=O) groups excluding carboxylic acids is 2. The second-order valence-electron chi connectivity index (χ2n) is 5.48. The Balaban J connectivity index is 2.03. The molecule has 2 bridgehead atoms. The lowest BCUT2D eigenvalue weighted by atomic mass is 9.69. The average Bonchev–Trinajstić information content (AvgIpc) is 2.55. The highest BCUT2D eigenvalue weighted by Gasteiger charge is 2.56. The van der Waals surface area contributed by atoms with Crippen LogP contribution < -0.4 is 0 Å². The van der Waals surface area contributed by atoms with Crippen LogP contribution in [0.5, 0.6) is 0 Å². The van der Waals surface area contributed by atoms with Crippen LogP contribution in [0.25, 0.3) is 0 Å². The molecule has 4 atom stereocenters. The summed E-state index contributed by atoms with van der Waals surface area (Å²) in [4.78, 5) is 23.9. The second kappa shape index (κ2) is 5.42. The Morgan fingerprint density at radius 2 is 2.26 bits per heavy atom. The van der Waals surface area contributed by atoms with E-state index in [9.17, 15) is 9.59 Å². The minimum atomic E-state index is -0.416. The third-order valence-electron chi connectivity index (χ3n) is 3.85. The summed E-state index contributed by atoms with van der Waals surface area (Å²) in [7, 11) is 0. The molecular formula is C14H17ClO4. The summed E-state index contributed by atoms with van der Waals surface area (Å²) in [5.74, 6) is 4.11. The van der Waals surface area contributed by atoms with Crippen LogP contribution in [-0.2, 0) is 19.1 Å². The van der Waals surface area contributed by atoms with Crippen molar-refractivity contribution in [3.8, 4) is 11.8 Å². The minimum Gasteiger partial charge on any atom is -0.459 e. The van der Waals surface area contributed by atoms with Crippen molar-refractivity contribution in [1.29, 1.82) is 0 Å². The Labute approximate surface area is 117 Å². The molecule has 1 heterocycles. The van der Waals surface area contributed by atoms with E-state index in [0.29, 0.717) is 12.8 Å². The largest absolute Gasteiger partial charge is 0.459 e. The Hall–Kier alpha value is -1.21. The fourth-order valence-corrected chi connectivity index (χ4v) is 3.30. The van der Waals surface area contributed by atoms with Crippen molar-refractivity contribution in [2.24, 2.45) is 17.8 Å². The molecule has 2 fully saturated rings. The predicted molar refractivity (Wildman–Crippen MR) is 69.3 cm³/mol. The maximum absolute atomic E-state index is 12.1. The number of hydrogen-bond donors (Lipinski definition) is 0. The first kappa shape index (κ1) is 14.2. The molecule has 2 rings (SSSR count). The smallest absolute Gasteiger partial charge is 0.311 e. The molecule has 0 aromatic carbocycles. The first-order valence-electron chi connectivity index (χ1n) is 6.38. The van der Waals surface area contributed by atoms with Gasteiger partial charge in [-0.3, -0.25) is 9.59 Å². The third kappa shape index (κ3) is 2.87. The summed E-state index contributed by atoms with van der Waals surface area (Å²) in [5, 5.41) is 0. The monoisotopic (exact) mass is 284 g/mol. The summed E-state index contributed by atoms with van der Waals surface area (Å²) in [5.41, 5.74) is -0.406. The van der Waals surface area contributed by atoms with E-state index < -0.39 is 11.5 Å². The van der Waals surface area contributed by atoms with Gasteiger partial charge in [-0.25, -0.2) is 0 Å². The number of esters is 2. The quantitative estimate of drug-likeness (QED) is 0.440. The van der Waals surface area contributed by atoms with Crippen LogP contribution in [0.1, 0.15) is 26.7 Å². The van der Waals surface area contributed by atoms with Gasteiger partial charge < -0.3 is 9.47 Å². The van der Waals surface area contributed by atoms with Crippen molar-refractivity contribution in [2.45, 2.75) is 32.3 Å². The topological polar surface area (TPSA) is 52.6 Å². The van der Waals surface area contributed by atoms with E-state index in [-0.39, 0.29) is 36.3 Å². The van der Waals surface area contributed by atoms with Crippen LogP contribution in [0.15, 0.2) is 0 Å². The Kier molecular flexibility index (Phi) is 4.05. The predicted octanol–water partition coefficient (Wildman–Crippen LogP) is 1.75. The zero-order valence-electron chi connectivity index (χ0n) is 11.1. The van der Waals surface area contributed by atoms with E-state index in [1.807, 2.05) is 13.8 Å². The molecule has 5 heteroatoms. The van der Waals surface area contributed by atoms with Gasteiger partial charge in [0.05, 0.1) is 17.7 Å². The minimum absolute atomic E-state index is 0.0216. The van der Waals surface area contributed by atoms with Gasteiger partial charge in [-0.2, -0.15) is 0 Å². The summed E-state index contributed by atoms with van der Waals surface area (Å²) < 4.78 is 10.5. The van der Waals surface area contributed by atoms with Gasteiger partial charge in [0, 0.05) is 6.42 Å². The van der Waals surface area contributed by atoms with Crippen molar-refractivity contribution in [1.82, 2.24) is 0 Å². The Morgan fingerprint density at radius 1 is 1.53 bits per heavy atom. The van der Waals surface area contributed by atoms with Crippen LogP contribution in [0.3, 0.4) is 0 Å². The van der Waals surface area contributed by atoms with Crippen LogP contribution >= 0.6 is 11.6 Å². The Bertz CT molecular complexity index is 450. The molecule has 0 amide bonds. The second-order valence-corrected chi connectivity index (χ2v) is 5.75. The number of hydrogen-bond acceptors (Lipinski definition) is 4. The number of halogens is 1. The SMILES string of the molecule is CC1CC2(C)CC(C(=O)O2)C1C(=O)OCC#CCCl. The molecular weight excluding hydrogens is 268 g/mol. The fraction of sp³-hybridized carbons (Fsp3) is 0.714. The molecule has 4 unspecified atom stereocenters. The number of carbonyl (C=O) groups is 2. The van der Waals surface area contributed by atoms with Crippen molar-refractivity contribution in [2.75, 3.05) is 12.5 Å². The molecule has 1 saturated carbocycles. The maximum Gasteiger partial charge on any atom is 0.311 e. The van der Waals surface area contributed by atoms with Gasteiger partial charge in [-0.1, -0.05) is 18.8 Å². The number of fused-ring (bicyclic) bond motifs is 2. The van der Waals surface area contributed by atoms with E-state index in [2.05, 4.69) is 11.8 Å². The van der Waals surface area contributed by atoms with Crippen molar-refractivity contribution >= 4 is 23.5 Å². The zero-order valence-corrected chi connectivity index (χ0v) is 11.8. The van der Waals surface area contributed by atoms with Crippen molar-refractivity contribution in [3.63, 3.8) is 0 Å². The molecule has 19 heavy (non-hydrogen) atoms. The fourth-order valence-electron chi connectivity index (χ4n) is 3.21. The average molecular weight is 285 g/mol. The first-order chi connectivity index (χ1) is 8.97. The van der Waals surface area contributed by atoms with Crippen LogP contribution in [0, 0.1) is 29.6 Å². The molecule has 1 aliphatic carbocycles. The zero-order chi connectivity index (χ0) is 14.0. The lowest BCUT2D eigenvalue weighted by molar-refractivity contribution is -0.155. The van der Waals surface area contributed by atoms with E-state index in [0.717, 1.165) is 0 Å². The lowest BCUT2D eigenvalue weighted by Crippen LogP contribution is -2.40. The summed E-state index contributed by atoms with van der Waals surface area (Å²) >= 11 is 5.40. The van der Waals surface area contributed by atoms with E-state index in [1.54, 1.807) is 0 Å². The highest BCUT2D eigenvalue weighted by molar-refractivity contribution is 6.19. The summed E-state index contributed by atoms with van der Waals surface area (Å²) in [6, 6.07) is 0. The van der Waals surface area contributed by atoms with Gasteiger partial charge in [-0.05, 0) is 19.3 Å². The van der Waals surface area contributed by atoms with Gasteiger partial charge in [0.2, 0.25) is 0 Å². The van der Waals surface area contributed by atoms with Crippen LogP contribution in [0.2, 0.25) is 0 Å². The Morgan fingerprint density at radius 3 is 2.95 bits per heavy atom. The molecule has 4 nitrogen and oxygen atoms in total. The molecule has 1 saturated heterocycles. The van der Waals surface area contributed by atoms with Crippen LogP contribution in [0.4, 0.5) is 0 Å². The molecule has 0 N–H and O–H groups in total. The number of rotatable bonds is 2. The normalized spacial score (nSPS) is 36.2. The lowest BCUT2D eigenvalue weighted by Gasteiger charge is -2.34. The van der Waals surface area contributed by atoms with Gasteiger partial charge in [0.1, 0.15) is 5.60 Å². The molecule has 0 aromatic rings. The highest BCUT2D eigenvalue weighted by atomic mass is 35.5. The third-order valence-corrected chi connectivity index (χ3v) is 3.99. The van der Waals surface area contributed by atoms with Gasteiger partial charge >= 0.3 is 11.9 Å². The molecule has 1 aliphatic heterocycles. The van der Waals surface area contributed by atoms with E-state index in [1.165, 1.54) is 0 Å². The standard InChI is InChI=1S/C14H17ClO4/c1-9-7-14(2)8-10(12(16)19-14)11(9)13(17)18-6-4-3-5-15/h9-11H,5-8H2,1-2H3. The van der Waals surface area contributed by atoms with Crippen molar-refractivity contribution < 1.29 is 19.1 Å². The number of alkyl halides is 1. The van der Waals surface area contributed by atoms with E-state index in [4.69, 9.17) is 21.1 Å². The van der Waals surface area contributed by atoms with Crippen LogP contribution in [-0.4, -0.2) is 30.0 Å². The van der Waals surface area contributed by atoms with Gasteiger partial charge in [0.15, 0.2) is 6.61 Å². The van der Waals surface area contributed by atoms with Gasteiger partial charge in [0.25, 0.3) is 0 Å². The molecule has 2 aliphatic rings. The molecule has 0 spiro atoms. The molecule has 0 aromatic heterocycles. The first-order valence-corrected chi connectivity index (χ1v) is 6.91. The highest BCUT2D eigenvalue weighted by Crippen LogP contribution is 2.48. The van der Waals surface area contributed by atoms with Gasteiger partial charge in [-0.15, -0.1) is 11.6 Å².